The molecular weight excluding hydrogens is 134 g/mol. The predicted octanol–water partition coefficient (Wildman–Crippen LogP) is 2.72. The highest BCUT2D eigenvalue weighted by atomic mass is 14.8. The van der Waals surface area contributed by atoms with Gasteiger partial charge in [-0.1, -0.05) is 32.9 Å². The smallest absolute Gasteiger partial charge is 0.0209 e. The lowest BCUT2D eigenvalue weighted by Gasteiger charge is -2.38. The van der Waals surface area contributed by atoms with Crippen molar-refractivity contribution >= 4 is 0 Å². The van der Waals surface area contributed by atoms with Crippen LogP contribution in [0.2, 0.25) is 0 Å². The quantitative estimate of drug-likeness (QED) is 0.623. The first-order chi connectivity index (χ1) is 4.87. The maximum atomic E-state index is 6.13. The van der Waals surface area contributed by atoms with Gasteiger partial charge in [0.1, 0.15) is 0 Å². The van der Waals surface area contributed by atoms with Crippen LogP contribution in [0.4, 0.5) is 0 Å². The van der Waals surface area contributed by atoms with Crippen molar-refractivity contribution in [2.75, 3.05) is 0 Å². The molecule has 1 unspecified atom stereocenters. The minimum Gasteiger partial charge on any atom is -0.325 e. The van der Waals surface area contributed by atoms with Gasteiger partial charge in [0.25, 0.3) is 0 Å². The predicted molar refractivity (Wildman–Crippen MR) is 51.5 cm³/mol. The third-order valence-electron chi connectivity index (χ3n) is 2.79. The Morgan fingerprint density at radius 2 is 1.73 bits per heavy atom. The summed E-state index contributed by atoms with van der Waals surface area (Å²) in [5, 5.41) is 0. The number of nitrogens with two attached hydrogens (primary N) is 1. The van der Waals surface area contributed by atoms with Crippen LogP contribution < -0.4 is 5.73 Å². The largest absolute Gasteiger partial charge is 0.325 e. The zero-order valence-electron chi connectivity index (χ0n) is 8.44. The molecule has 0 heterocycles. The van der Waals surface area contributed by atoms with Crippen LogP contribution in [0.25, 0.3) is 0 Å². The molecule has 0 aliphatic heterocycles. The van der Waals surface area contributed by atoms with Gasteiger partial charge in [-0.05, 0) is 20.3 Å². The minimum absolute atomic E-state index is 0.0938. The van der Waals surface area contributed by atoms with E-state index in [1.165, 1.54) is 0 Å². The summed E-state index contributed by atoms with van der Waals surface area (Å²) in [5.41, 5.74) is 6.12. The van der Waals surface area contributed by atoms with E-state index in [1.54, 1.807) is 0 Å². The molecule has 1 heteroatoms. The average molecular weight is 155 g/mol. The van der Waals surface area contributed by atoms with Crippen LogP contribution in [0.1, 0.15) is 41.0 Å². The van der Waals surface area contributed by atoms with Crippen LogP contribution in [0, 0.1) is 5.41 Å². The van der Waals surface area contributed by atoms with Crippen molar-refractivity contribution in [1.29, 1.82) is 0 Å². The number of allylic oxidation sites excluding steroid dienone is 1. The highest BCUT2D eigenvalue weighted by molar-refractivity contribution is 5.05. The van der Waals surface area contributed by atoms with Crippen molar-refractivity contribution in [3.63, 3.8) is 0 Å². The Hall–Kier alpha value is -0.300. The second kappa shape index (κ2) is 3.40. The molecule has 0 saturated carbocycles. The van der Waals surface area contributed by atoms with E-state index in [0.29, 0.717) is 0 Å². The zero-order chi connectivity index (χ0) is 9.12. The summed E-state index contributed by atoms with van der Waals surface area (Å²) < 4.78 is 0. The monoisotopic (exact) mass is 155 g/mol. The van der Waals surface area contributed by atoms with Crippen molar-refractivity contribution in [3.05, 3.63) is 12.2 Å². The average Bonchev–Trinajstić information content (AvgIpc) is 1.87. The number of hydrogen-bond acceptors (Lipinski definition) is 1. The van der Waals surface area contributed by atoms with Gasteiger partial charge >= 0.3 is 0 Å². The fourth-order valence-corrected chi connectivity index (χ4v) is 1.06. The SMILES string of the molecule is C/C=C/C(C)(C)C(C)(N)CC. The molecule has 0 fully saturated rings. The molecule has 0 aromatic rings. The van der Waals surface area contributed by atoms with E-state index in [9.17, 15) is 0 Å². The van der Waals surface area contributed by atoms with E-state index in [1.807, 2.05) is 6.92 Å². The summed E-state index contributed by atoms with van der Waals surface area (Å²) in [6.07, 6.45) is 5.25. The highest BCUT2D eigenvalue weighted by Gasteiger charge is 2.33. The van der Waals surface area contributed by atoms with E-state index in [4.69, 9.17) is 5.73 Å². The fourth-order valence-electron chi connectivity index (χ4n) is 1.06. The van der Waals surface area contributed by atoms with Crippen LogP contribution in [0.15, 0.2) is 12.2 Å². The molecule has 0 saturated heterocycles. The Bertz CT molecular complexity index is 143. The van der Waals surface area contributed by atoms with Crippen molar-refractivity contribution in [1.82, 2.24) is 0 Å². The lowest BCUT2D eigenvalue weighted by molar-refractivity contribution is 0.239. The van der Waals surface area contributed by atoms with Crippen LogP contribution in [0.5, 0.6) is 0 Å². The third-order valence-corrected chi connectivity index (χ3v) is 2.79. The maximum Gasteiger partial charge on any atom is 0.0209 e. The van der Waals surface area contributed by atoms with Gasteiger partial charge in [0.15, 0.2) is 0 Å². The molecule has 1 atom stereocenters. The normalized spacial score (nSPS) is 18.7. The molecule has 0 radical (unpaired) electrons. The second-order valence-electron chi connectivity index (χ2n) is 3.99. The molecule has 0 rings (SSSR count). The fraction of sp³-hybridized carbons (Fsp3) is 0.800. The molecule has 0 aliphatic carbocycles. The van der Waals surface area contributed by atoms with E-state index < -0.39 is 0 Å². The first-order valence-corrected chi connectivity index (χ1v) is 4.30. The molecule has 0 spiro atoms. The Morgan fingerprint density at radius 3 is 2.00 bits per heavy atom. The second-order valence-corrected chi connectivity index (χ2v) is 3.99. The third kappa shape index (κ3) is 2.33. The Labute approximate surface area is 70.7 Å². The molecule has 11 heavy (non-hydrogen) atoms. The van der Waals surface area contributed by atoms with Crippen LogP contribution in [-0.2, 0) is 0 Å². The minimum atomic E-state index is -0.0977. The van der Waals surface area contributed by atoms with Gasteiger partial charge in [0.2, 0.25) is 0 Å². The number of rotatable bonds is 3. The molecule has 0 aromatic carbocycles. The summed E-state index contributed by atoms with van der Waals surface area (Å²) in [5.74, 6) is 0. The summed E-state index contributed by atoms with van der Waals surface area (Å²) >= 11 is 0. The van der Waals surface area contributed by atoms with E-state index in [2.05, 4.69) is 39.8 Å². The highest BCUT2D eigenvalue weighted by Crippen LogP contribution is 2.32. The zero-order valence-corrected chi connectivity index (χ0v) is 8.44. The summed E-state index contributed by atoms with van der Waals surface area (Å²) in [6, 6.07) is 0. The Morgan fingerprint density at radius 1 is 1.27 bits per heavy atom. The first kappa shape index (κ1) is 10.7. The first-order valence-electron chi connectivity index (χ1n) is 4.30. The van der Waals surface area contributed by atoms with Crippen molar-refractivity contribution in [3.8, 4) is 0 Å². The number of hydrogen-bond donors (Lipinski definition) is 1. The molecule has 0 bridgehead atoms. The van der Waals surface area contributed by atoms with Gasteiger partial charge < -0.3 is 5.73 Å². The standard InChI is InChI=1S/C10H21N/c1-6-8-9(3,4)10(5,11)7-2/h6,8H,7,11H2,1-5H3/b8-6+. The summed E-state index contributed by atoms with van der Waals surface area (Å²) in [4.78, 5) is 0. The molecule has 66 valence electrons. The van der Waals surface area contributed by atoms with Crippen LogP contribution in [-0.4, -0.2) is 5.54 Å². The lowest BCUT2D eigenvalue weighted by Crippen LogP contribution is -2.48. The molecular formula is C10H21N. The molecule has 1 nitrogen and oxygen atoms in total. The topological polar surface area (TPSA) is 26.0 Å². The van der Waals surface area contributed by atoms with Gasteiger partial charge in [-0.3, -0.25) is 0 Å². The molecule has 0 aliphatic rings. The molecule has 2 N–H and O–H groups in total. The lowest BCUT2D eigenvalue weighted by atomic mass is 9.72. The van der Waals surface area contributed by atoms with Crippen molar-refractivity contribution in [2.45, 2.75) is 46.6 Å². The van der Waals surface area contributed by atoms with E-state index >= 15 is 0 Å². The van der Waals surface area contributed by atoms with Crippen molar-refractivity contribution < 1.29 is 0 Å². The van der Waals surface area contributed by atoms with Crippen LogP contribution in [0.3, 0.4) is 0 Å². The van der Waals surface area contributed by atoms with Gasteiger partial charge in [-0.25, -0.2) is 0 Å². The summed E-state index contributed by atoms with van der Waals surface area (Å²) in [6.45, 7) is 10.6. The maximum absolute atomic E-state index is 6.13. The van der Waals surface area contributed by atoms with Crippen molar-refractivity contribution in [2.24, 2.45) is 11.1 Å². The summed E-state index contributed by atoms with van der Waals surface area (Å²) in [7, 11) is 0. The van der Waals surface area contributed by atoms with Gasteiger partial charge in [0, 0.05) is 11.0 Å². The van der Waals surface area contributed by atoms with Gasteiger partial charge in [-0.15, -0.1) is 0 Å². The Balaban J connectivity index is 4.52. The van der Waals surface area contributed by atoms with E-state index in [-0.39, 0.29) is 11.0 Å². The van der Waals surface area contributed by atoms with Gasteiger partial charge in [-0.2, -0.15) is 0 Å². The van der Waals surface area contributed by atoms with Crippen LogP contribution >= 0.6 is 0 Å². The molecule has 0 amide bonds. The Kier molecular flexibility index (Phi) is 3.30. The van der Waals surface area contributed by atoms with Gasteiger partial charge in [0.05, 0.1) is 0 Å². The van der Waals surface area contributed by atoms with E-state index in [0.717, 1.165) is 6.42 Å². The molecule has 0 aromatic heterocycles.